The number of hydrogen-bond acceptors (Lipinski definition) is 9. The molecule has 0 radical (unpaired) electrons. The zero-order chi connectivity index (χ0) is 39.3. The Morgan fingerprint density at radius 2 is 1.02 bits per heavy atom. The Bertz CT molecular complexity index is 1090. The zero-order valence-corrected chi connectivity index (χ0v) is 33.7. The van der Waals surface area contributed by atoms with Gasteiger partial charge in [0.25, 0.3) is 0 Å². The molecule has 0 aromatic carbocycles. The summed E-state index contributed by atoms with van der Waals surface area (Å²) in [5.74, 6) is -2.45. The molecule has 0 aliphatic carbocycles. The van der Waals surface area contributed by atoms with Gasteiger partial charge in [-0.05, 0) is 51.4 Å². The van der Waals surface area contributed by atoms with E-state index in [9.17, 15) is 23.8 Å². The molecular weight excluding hydrogens is 697 g/mol. The number of rotatable bonds is 37. The first-order valence-electron chi connectivity index (χ1n) is 20.2. The number of hydrogen-bond donors (Lipinski definition) is 3. The third-order valence-corrected chi connectivity index (χ3v) is 9.28. The van der Waals surface area contributed by atoms with Crippen LogP contribution in [0, 0.1) is 0 Å². The minimum atomic E-state index is -4.73. The summed E-state index contributed by atoms with van der Waals surface area (Å²) in [5, 5.41) is 8.86. The molecule has 0 aromatic rings. The Kier molecular flexibility index (Phi) is 34.7. The van der Waals surface area contributed by atoms with Gasteiger partial charge in [0.15, 0.2) is 6.10 Å². The van der Waals surface area contributed by atoms with Crippen molar-refractivity contribution in [3.63, 3.8) is 0 Å². The fraction of sp³-hybridized carbons (Fsp3) is 0.732. The van der Waals surface area contributed by atoms with Crippen LogP contribution in [-0.2, 0) is 37.5 Å². The first-order chi connectivity index (χ1) is 25.6. The van der Waals surface area contributed by atoms with Gasteiger partial charge in [-0.2, -0.15) is 0 Å². The molecule has 0 spiro atoms. The minimum absolute atomic E-state index is 0.0854. The van der Waals surface area contributed by atoms with Gasteiger partial charge in [0, 0.05) is 12.8 Å². The van der Waals surface area contributed by atoms with Gasteiger partial charge >= 0.3 is 25.7 Å². The SMILES string of the molecule is CCCCC/C=C\C/C=C\C/C=C\C/C=C\CCCC(=O)O[C@H](COC(=O)CCCCCCCCCCCCCC)COP(=O)(O)OC[C@H](N)C(=O)O. The van der Waals surface area contributed by atoms with E-state index in [1.807, 2.05) is 12.2 Å². The molecular formula is C41H72NO10P. The fourth-order valence-electron chi connectivity index (χ4n) is 5.11. The van der Waals surface area contributed by atoms with Crippen LogP contribution in [0.3, 0.4) is 0 Å². The highest BCUT2D eigenvalue weighted by Gasteiger charge is 2.28. The average Bonchev–Trinajstić information content (AvgIpc) is 3.13. The molecule has 1 unspecified atom stereocenters. The van der Waals surface area contributed by atoms with Gasteiger partial charge in [0.1, 0.15) is 12.6 Å². The normalized spacial score (nSPS) is 14.3. The van der Waals surface area contributed by atoms with Crippen molar-refractivity contribution in [1.82, 2.24) is 0 Å². The number of carboxylic acids is 1. The first kappa shape index (κ1) is 50.4. The van der Waals surface area contributed by atoms with E-state index in [-0.39, 0.29) is 19.4 Å². The fourth-order valence-corrected chi connectivity index (χ4v) is 5.89. The van der Waals surface area contributed by atoms with Crippen molar-refractivity contribution in [3.8, 4) is 0 Å². The van der Waals surface area contributed by atoms with Crippen LogP contribution in [0.15, 0.2) is 48.6 Å². The maximum Gasteiger partial charge on any atom is 0.472 e. The molecule has 0 aliphatic heterocycles. The number of nitrogens with two attached hydrogens (primary N) is 1. The summed E-state index contributed by atoms with van der Waals surface area (Å²) in [6.07, 6.45) is 39.0. The summed E-state index contributed by atoms with van der Waals surface area (Å²) >= 11 is 0. The van der Waals surface area contributed by atoms with Gasteiger partial charge in [0.05, 0.1) is 13.2 Å². The number of aliphatic carboxylic acids is 1. The lowest BCUT2D eigenvalue weighted by atomic mass is 10.0. The van der Waals surface area contributed by atoms with Gasteiger partial charge in [-0.15, -0.1) is 0 Å². The smallest absolute Gasteiger partial charge is 0.472 e. The van der Waals surface area contributed by atoms with E-state index < -0.39 is 51.1 Å². The van der Waals surface area contributed by atoms with Gasteiger partial charge in [-0.25, -0.2) is 4.57 Å². The van der Waals surface area contributed by atoms with E-state index in [1.54, 1.807) is 0 Å². The second-order valence-corrected chi connectivity index (χ2v) is 14.9. The van der Waals surface area contributed by atoms with Gasteiger partial charge in [-0.1, -0.05) is 146 Å². The van der Waals surface area contributed by atoms with Crippen LogP contribution in [0.1, 0.15) is 162 Å². The molecule has 53 heavy (non-hydrogen) atoms. The number of phosphoric acid groups is 1. The number of allylic oxidation sites excluding steroid dienone is 8. The molecule has 3 atom stereocenters. The van der Waals surface area contributed by atoms with E-state index >= 15 is 0 Å². The molecule has 11 nitrogen and oxygen atoms in total. The Balaban J connectivity index is 4.52. The van der Waals surface area contributed by atoms with Crippen molar-refractivity contribution >= 4 is 25.7 Å². The number of phosphoric ester groups is 1. The van der Waals surface area contributed by atoms with Crippen LogP contribution in [0.4, 0.5) is 0 Å². The van der Waals surface area contributed by atoms with Gasteiger partial charge in [0.2, 0.25) is 0 Å². The molecule has 0 bridgehead atoms. The Labute approximate surface area is 320 Å². The quantitative estimate of drug-likeness (QED) is 0.0238. The summed E-state index contributed by atoms with van der Waals surface area (Å²) in [6, 6.07) is -1.53. The molecule has 0 heterocycles. The third kappa shape index (κ3) is 36.2. The monoisotopic (exact) mass is 769 g/mol. The highest BCUT2D eigenvalue weighted by atomic mass is 31.2. The molecule has 0 fully saturated rings. The van der Waals surface area contributed by atoms with Gasteiger partial charge in [-0.3, -0.25) is 23.4 Å². The standard InChI is InChI=1S/C41H72NO10P/c1-3-5-7-9-11-13-15-17-18-19-20-21-23-25-27-29-31-33-40(44)52-37(35-50-53(47,48)51-36-38(42)41(45)46)34-49-39(43)32-30-28-26-24-22-16-14-12-10-8-6-4-2/h11,13,17-18,20-21,25,27,37-38H,3-10,12,14-16,19,22-24,26,28-36,42H2,1-2H3,(H,45,46)(H,47,48)/b13-11-,18-17-,21-20-,27-25-/t37-,38+/m1/s1. The first-order valence-corrected chi connectivity index (χ1v) is 21.7. The maximum atomic E-state index is 12.6. The minimum Gasteiger partial charge on any atom is -0.480 e. The third-order valence-electron chi connectivity index (χ3n) is 8.33. The van der Waals surface area contributed by atoms with Crippen LogP contribution in [0.2, 0.25) is 0 Å². The number of ether oxygens (including phenoxy) is 2. The second-order valence-electron chi connectivity index (χ2n) is 13.4. The molecule has 0 aromatic heterocycles. The van der Waals surface area contributed by atoms with Crippen LogP contribution in [0.25, 0.3) is 0 Å². The van der Waals surface area contributed by atoms with Crippen LogP contribution in [0.5, 0.6) is 0 Å². The summed E-state index contributed by atoms with van der Waals surface area (Å²) < 4.78 is 32.5. The van der Waals surface area contributed by atoms with Crippen molar-refractivity contribution in [2.45, 2.75) is 174 Å². The summed E-state index contributed by atoms with van der Waals surface area (Å²) in [7, 11) is -4.73. The van der Waals surface area contributed by atoms with Crippen molar-refractivity contribution in [3.05, 3.63) is 48.6 Å². The molecule has 0 saturated carbocycles. The second kappa shape index (κ2) is 36.4. The Morgan fingerprint density at radius 1 is 0.585 bits per heavy atom. The van der Waals surface area contributed by atoms with Crippen molar-refractivity contribution < 1.29 is 47.5 Å². The number of carbonyl (C=O) groups is 3. The topological polar surface area (TPSA) is 172 Å². The maximum absolute atomic E-state index is 12.6. The number of carboxylic acid groups (broad SMARTS) is 1. The van der Waals surface area contributed by atoms with Crippen molar-refractivity contribution in [2.24, 2.45) is 5.73 Å². The predicted molar refractivity (Wildman–Crippen MR) is 212 cm³/mol. The van der Waals surface area contributed by atoms with E-state index in [0.717, 1.165) is 44.9 Å². The largest absolute Gasteiger partial charge is 0.480 e. The van der Waals surface area contributed by atoms with Gasteiger partial charge < -0.3 is 25.2 Å². The molecule has 306 valence electrons. The van der Waals surface area contributed by atoms with Crippen LogP contribution in [-0.4, -0.2) is 59.9 Å². The van der Waals surface area contributed by atoms with E-state index in [0.29, 0.717) is 19.3 Å². The molecule has 4 N–H and O–H groups in total. The summed E-state index contributed by atoms with van der Waals surface area (Å²) in [4.78, 5) is 45.8. The summed E-state index contributed by atoms with van der Waals surface area (Å²) in [6.45, 7) is 2.70. The predicted octanol–water partition coefficient (Wildman–Crippen LogP) is 10.2. The molecule has 12 heteroatoms. The Hall–Kier alpha value is -2.56. The molecule has 0 saturated heterocycles. The highest BCUT2D eigenvalue weighted by molar-refractivity contribution is 7.47. The lowest BCUT2D eigenvalue weighted by Gasteiger charge is -2.20. The number of esters is 2. The van der Waals surface area contributed by atoms with E-state index in [1.165, 1.54) is 70.6 Å². The highest BCUT2D eigenvalue weighted by Crippen LogP contribution is 2.43. The van der Waals surface area contributed by atoms with Crippen LogP contribution >= 0.6 is 7.82 Å². The molecule has 0 aliphatic rings. The van der Waals surface area contributed by atoms with Crippen molar-refractivity contribution in [1.29, 1.82) is 0 Å². The Morgan fingerprint density at radius 3 is 1.55 bits per heavy atom. The molecule has 0 amide bonds. The molecule has 0 rings (SSSR count). The van der Waals surface area contributed by atoms with E-state index in [2.05, 4.69) is 54.8 Å². The average molecular weight is 770 g/mol. The lowest BCUT2D eigenvalue weighted by Crippen LogP contribution is -2.34. The van der Waals surface area contributed by atoms with Crippen molar-refractivity contribution in [2.75, 3.05) is 19.8 Å². The lowest BCUT2D eigenvalue weighted by molar-refractivity contribution is -0.161. The van der Waals surface area contributed by atoms with Crippen LogP contribution < -0.4 is 5.73 Å². The zero-order valence-electron chi connectivity index (χ0n) is 32.8. The summed E-state index contributed by atoms with van der Waals surface area (Å²) in [5.41, 5.74) is 5.32. The number of carbonyl (C=O) groups excluding carboxylic acids is 2. The number of unbranched alkanes of at least 4 members (excludes halogenated alkanes) is 15. The van der Waals surface area contributed by atoms with E-state index in [4.69, 9.17) is 24.8 Å².